The van der Waals surface area contributed by atoms with Crippen LogP contribution in [0.5, 0.6) is 0 Å². The Kier molecular flexibility index (Phi) is 5.68. The summed E-state index contributed by atoms with van der Waals surface area (Å²) in [5.41, 5.74) is -1.09. The van der Waals surface area contributed by atoms with Crippen LogP contribution in [0.25, 0.3) is 0 Å². The van der Waals surface area contributed by atoms with Gasteiger partial charge >= 0.3 is 11.9 Å². The number of hydrogen-bond donors (Lipinski definition) is 0. The first-order valence-corrected chi connectivity index (χ1v) is 8.43. The Hall–Kier alpha value is -4.34. The summed E-state index contributed by atoms with van der Waals surface area (Å²) in [6.07, 6.45) is 0. The smallest absolute Gasteiger partial charge is 0.337 e. The number of carbonyl (C=O) groups is 4. The molecule has 0 spiro atoms. The molecule has 0 saturated carbocycles. The van der Waals surface area contributed by atoms with Crippen molar-refractivity contribution in [3.05, 3.63) is 87.4 Å². The van der Waals surface area contributed by atoms with E-state index in [1.807, 2.05) is 0 Å². The predicted octanol–water partition coefficient (Wildman–Crippen LogP) is 1.34. The Morgan fingerprint density at radius 3 is 1.80 bits per heavy atom. The lowest BCUT2D eigenvalue weighted by atomic mass is 9.99. The van der Waals surface area contributed by atoms with Crippen molar-refractivity contribution in [3.8, 4) is 0 Å². The van der Waals surface area contributed by atoms with Crippen molar-refractivity contribution < 1.29 is 38.2 Å². The number of ether oxygens (including phenoxy) is 2. The molecule has 0 bridgehead atoms. The van der Waals surface area contributed by atoms with Crippen molar-refractivity contribution in [1.82, 2.24) is 5.16 Å². The molecule has 0 N–H and O–H groups in total. The lowest BCUT2D eigenvalue weighted by Gasteiger charge is -2.03. The zero-order valence-corrected chi connectivity index (χ0v) is 15.8. The maximum Gasteiger partial charge on any atom is 0.337 e. The predicted molar refractivity (Wildman–Crippen MR) is 97.9 cm³/mol. The summed E-state index contributed by atoms with van der Waals surface area (Å²) < 4.78 is 13.7. The summed E-state index contributed by atoms with van der Waals surface area (Å²) in [6, 6.07) is 10.9. The molecule has 30 heavy (non-hydrogen) atoms. The van der Waals surface area contributed by atoms with Crippen LogP contribution < -0.4 is 4.90 Å². The van der Waals surface area contributed by atoms with Gasteiger partial charge in [-0.25, -0.2) is 9.59 Å². The first-order valence-electron chi connectivity index (χ1n) is 8.43. The highest BCUT2D eigenvalue weighted by Gasteiger charge is 2.33. The molecule has 0 saturated heterocycles. The highest BCUT2D eigenvalue weighted by molar-refractivity contribution is 6.17. The third kappa shape index (κ3) is 3.78. The topological polar surface area (TPSA) is 140 Å². The van der Waals surface area contributed by atoms with E-state index in [1.54, 1.807) is 0 Å². The number of carbonyl (C=O) groups excluding carboxylic acids is 4. The quantitative estimate of drug-likeness (QED) is 0.334. The first-order chi connectivity index (χ1) is 14.4. The minimum Gasteiger partial charge on any atom is -0.465 e. The van der Waals surface area contributed by atoms with Gasteiger partial charge in [0.2, 0.25) is 11.6 Å². The third-order valence-electron chi connectivity index (χ3n) is 4.14. The second kappa shape index (κ2) is 8.35. The number of methoxy groups -OCH3 is 2. The zero-order chi connectivity index (χ0) is 21.8. The minimum atomic E-state index is -0.885. The van der Waals surface area contributed by atoms with Crippen LogP contribution in [0, 0.1) is 5.21 Å². The van der Waals surface area contributed by atoms with Gasteiger partial charge in [-0.1, -0.05) is 24.3 Å². The average molecular weight is 410 g/mol. The average Bonchev–Trinajstić information content (AvgIpc) is 3.18. The van der Waals surface area contributed by atoms with E-state index in [1.165, 1.54) is 62.8 Å². The van der Waals surface area contributed by atoms with Crippen molar-refractivity contribution in [2.75, 3.05) is 14.2 Å². The maximum absolute atomic E-state index is 12.9. The number of esters is 2. The van der Waals surface area contributed by atoms with E-state index in [0.717, 1.165) is 0 Å². The Morgan fingerprint density at radius 1 is 0.833 bits per heavy atom. The minimum absolute atomic E-state index is 0.0100. The van der Waals surface area contributed by atoms with E-state index < -0.39 is 34.9 Å². The number of ketones is 2. The summed E-state index contributed by atoms with van der Waals surface area (Å²) >= 11 is 0. The van der Waals surface area contributed by atoms with Crippen LogP contribution in [0.1, 0.15) is 52.8 Å². The number of hydrogen-bond acceptors (Lipinski definition) is 9. The molecule has 0 amide bonds. The molecule has 10 heteroatoms. The van der Waals surface area contributed by atoms with Crippen LogP contribution in [0.4, 0.5) is 0 Å². The van der Waals surface area contributed by atoms with E-state index in [0.29, 0.717) is 0 Å². The van der Waals surface area contributed by atoms with Gasteiger partial charge < -0.3 is 14.7 Å². The third-order valence-corrected chi connectivity index (χ3v) is 4.14. The van der Waals surface area contributed by atoms with Crippen molar-refractivity contribution in [2.24, 2.45) is 0 Å². The van der Waals surface area contributed by atoms with E-state index in [4.69, 9.17) is 0 Å². The zero-order valence-electron chi connectivity index (χ0n) is 15.8. The summed E-state index contributed by atoms with van der Waals surface area (Å²) in [4.78, 5) is 48.9. The fourth-order valence-electron chi connectivity index (χ4n) is 2.67. The summed E-state index contributed by atoms with van der Waals surface area (Å²) in [5, 5.41) is 15.4. The second-order valence-electron chi connectivity index (χ2n) is 5.93. The Morgan fingerprint density at radius 2 is 1.30 bits per heavy atom. The van der Waals surface area contributed by atoms with Crippen LogP contribution in [0.15, 0.2) is 53.2 Å². The van der Waals surface area contributed by atoms with E-state index in [9.17, 15) is 24.4 Å². The normalized spacial score (nSPS) is 10.3. The number of benzene rings is 2. The summed E-state index contributed by atoms with van der Waals surface area (Å²) in [5.74, 6) is -3.04. The molecule has 0 fully saturated rings. The van der Waals surface area contributed by atoms with Crippen molar-refractivity contribution in [1.29, 1.82) is 0 Å². The molecule has 1 aromatic heterocycles. The summed E-state index contributed by atoms with van der Waals surface area (Å²) in [6.45, 7) is 0. The first kappa shape index (κ1) is 20.4. The van der Waals surface area contributed by atoms with Gasteiger partial charge in [0.1, 0.15) is 0 Å². The van der Waals surface area contributed by atoms with Gasteiger partial charge in [0.15, 0.2) is 0 Å². The molecule has 3 aromatic rings. The molecular weight excluding hydrogens is 396 g/mol. The lowest BCUT2D eigenvalue weighted by Crippen LogP contribution is -2.33. The largest absolute Gasteiger partial charge is 0.465 e. The van der Waals surface area contributed by atoms with Crippen molar-refractivity contribution >= 4 is 23.5 Å². The lowest BCUT2D eigenvalue weighted by molar-refractivity contribution is -0.803. The van der Waals surface area contributed by atoms with Gasteiger partial charge in [-0.2, -0.15) is 0 Å². The van der Waals surface area contributed by atoms with Crippen LogP contribution in [0.3, 0.4) is 0 Å². The molecule has 0 aliphatic rings. The van der Waals surface area contributed by atoms with Crippen LogP contribution in [-0.2, 0) is 9.47 Å². The Labute approximate surface area is 169 Å². The molecule has 10 nitrogen and oxygen atoms in total. The molecule has 0 aliphatic carbocycles. The van der Waals surface area contributed by atoms with Crippen molar-refractivity contribution in [3.63, 3.8) is 0 Å². The molecule has 0 unspecified atom stereocenters. The second-order valence-corrected chi connectivity index (χ2v) is 5.93. The highest BCUT2D eigenvalue weighted by atomic mass is 16.8. The van der Waals surface area contributed by atoms with Crippen LogP contribution >= 0.6 is 0 Å². The monoisotopic (exact) mass is 410 g/mol. The van der Waals surface area contributed by atoms with Gasteiger partial charge in [0.05, 0.1) is 30.5 Å². The molecule has 0 radical (unpaired) electrons. The highest BCUT2D eigenvalue weighted by Crippen LogP contribution is 2.17. The number of rotatable bonds is 6. The van der Waals surface area contributed by atoms with Crippen molar-refractivity contribution in [2.45, 2.75) is 0 Å². The molecule has 152 valence electrons. The standard InChI is InChI=1S/C20H14N2O8/c1-28-19(25)13-7-3-5-11(9-13)17(23)15-16(22(27)30-21-15)18(24)12-6-4-8-14(10-12)20(26)29-2/h3-10H,1-2H3. The molecule has 2 aromatic carbocycles. The van der Waals surface area contributed by atoms with E-state index >= 15 is 0 Å². The van der Waals surface area contributed by atoms with Crippen LogP contribution in [0.2, 0.25) is 0 Å². The number of aromatic nitrogens is 2. The van der Waals surface area contributed by atoms with Gasteiger partial charge in [-0.05, 0) is 29.2 Å². The number of nitrogens with zero attached hydrogens (tertiary/aromatic N) is 2. The van der Waals surface area contributed by atoms with Gasteiger partial charge in [-0.15, -0.1) is 0 Å². The van der Waals surface area contributed by atoms with Gasteiger partial charge in [0, 0.05) is 11.1 Å². The fraction of sp³-hybridized carbons (Fsp3) is 0.100. The molecule has 0 atom stereocenters. The van der Waals surface area contributed by atoms with E-state index in [2.05, 4.69) is 19.3 Å². The molecule has 0 aliphatic heterocycles. The van der Waals surface area contributed by atoms with Crippen LogP contribution in [-0.4, -0.2) is 42.9 Å². The Bertz CT molecular complexity index is 1170. The fourth-order valence-corrected chi connectivity index (χ4v) is 2.67. The van der Waals surface area contributed by atoms with E-state index in [-0.39, 0.29) is 27.2 Å². The molecular formula is C20H14N2O8. The Balaban J connectivity index is 2.02. The van der Waals surface area contributed by atoms with Gasteiger partial charge in [-0.3, -0.25) is 14.2 Å². The maximum atomic E-state index is 12.9. The molecule has 3 rings (SSSR count). The summed E-state index contributed by atoms with van der Waals surface area (Å²) in [7, 11) is 2.37. The molecule has 1 heterocycles. The SMILES string of the molecule is COC(=O)c1cccc(C(=O)c2no[n+]([O-])c2C(=O)c2cccc(C(=O)OC)c2)c1. The van der Waals surface area contributed by atoms with Gasteiger partial charge in [0.25, 0.3) is 11.4 Å².